The van der Waals surface area contributed by atoms with E-state index in [2.05, 4.69) is 10.6 Å². The van der Waals surface area contributed by atoms with Crippen LogP contribution < -0.4 is 15.4 Å². The van der Waals surface area contributed by atoms with Gasteiger partial charge in [-0.25, -0.2) is 4.79 Å². The third-order valence-electron chi connectivity index (χ3n) is 3.12. The second-order valence-electron chi connectivity index (χ2n) is 5.66. The van der Waals surface area contributed by atoms with Crippen LogP contribution in [0.4, 0.5) is 4.79 Å². The van der Waals surface area contributed by atoms with Gasteiger partial charge >= 0.3 is 6.03 Å². The molecule has 1 rings (SSSR count). The van der Waals surface area contributed by atoms with Crippen LogP contribution in [-0.2, 0) is 6.54 Å². The first-order valence-electron chi connectivity index (χ1n) is 7.25. The van der Waals surface area contributed by atoms with E-state index < -0.39 is 6.10 Å². The monoisotopic (exact) mass is 294 g/mol. The molecule has 5 heteroatoms. The first kappa shape index (κ1) is 17.3. The quantitative estimate of drug-likeness (QED) is 0.722. The molecule has 2 amide bonds. The standard InChI is InChI=1S/C16H26N2O3/c1-11(2)7-14(19)10-18-16(20)17-9-13-6-5-12(3)8-15(13)21-4/h5-6,8,11,14,19H,7,9-10H2,1-4H3,(H2,17,18,20). The Balaban J connectivity index is 2.39. The summed E-state index contributed by atoms with van der Waals surface area (Å²) in [5, 5.41) is 15.1. The fraction of sp³-hybridized carbons (Fsp3) is 0.562. The lowest BCUT2D eigenvalue weighted by Gasteiger charge is -2.15. The van der Waals surface area contributed by atoms with Crippen molar-refractivity contribution in [1.82, 2.24) is 10.6 Å². The Hall–Kier alpha value is -1.75. The highest BCUT2D eigenvalue weighted by Crippen LogP contribution is 2.19. The van der Waals surface area contributed by atoms with Crippen molar-refractivity contribution in [3.63, 3.8) is 0 Å². The molecule has 0 aliphatic rings. The van der Waals surface area contributed by atoms with E-state index in [9.17, 15) is 9.90 Å². The summed E-state index contributed by atoms with van der Waals surface area (Å²) >= 11 is 0. The molecule has 0 radical (unpaired) electrons. The summed E-state index contributed by atoms with van der Waals surface area (Å²) in [6, 6.07) is 5.55. The molecule has 1 aromatic rings. The fourth-order valence-corrected chi connectivity index (χ4v) is 2.07. The molecule has 3 N–H and O–H groups in total. The van der Waals surface area contributed by atoms with Crippen molar-refractivity contribution in [1.29, 1.82) is 0 Å². The zero-order valence-electron chi connectivity index (χ0n) is 13.3. The number of aliphatic hydroxyl groups is 1. The topological polar surface area (TPSA) is 70.6 Å². The Bertz CT molecular complexity index is 461. The Labute approximate surface area is 126 Å². The number of carbonyl (C=O) groups is 1. The van der Waals surface area contributed by atoms with E-state index in [0.29, 0.717) is 18.9 Å². The maximum atomic E-state index is 11.7. The van der Waals surface area contributed by atoms with E-state index in [1.54, 1.807) is 7.11 Å². The molecule has 0 heterocycles. The van der Waals surface area contributed by atoms with E-state index in [1.807, 2.05) is 39.0 Å². The molecule has 0 bridgehead atoms. The van der Waals surface area contributed by atoms with Crippen molar-refractivity contribution in [2.24, 2.45) is 5.92 Å². The van der Waals surface area contributed by atoms with Crippen LogP contribution in [0.3, 0.4) is 0 Å². The van der Waals surface area contributed by atoms with Gasteiger partial charge in [-0.1, -0.05) is 26.0 Å². The van der Waals surface area contributed by atoms with E-state index in [1.165, 1.54) is 0 Å². The van der Waals surface area contributed by atoms with Crippen molar-refractivity contribution in [2.45, 2.75) is 39.8 Å². The van der Waals surface area contributed by atoms with Gasteiger partial charge in [-0.15, -0.1) is 0 Å². The molecule has 5 nitrogen and oxygen atoms in total. The Morgan fingerprint density at radius 2 is 2.05 bits per heavy atom. The molecule has 0 aliphatic carbocycles. The van der Waals surface area contributed by atoms with Gasteiger partial charge < -0.3 is 20.5 Å². The molecule has 1 aromatic carbocycles. The van der Waals surface area contributed by atoms with Crippen LogP contribution in [0.5, 0.6) is 5.75 Å². The summed E-state index contributed by atoms with van der Waals surface area (Å²) in [7, 11) is 1.61. The molecule has 118 valence electrons. The highest BCUT2D eigenvalue weighted by atomic mass is 16.5. The van der Waals surface area contributed by atoms with Crippen LogP contribution in [0.25, 0.3) is 0 Å². The molecular weight excluding hydrogens is 268 g/mol. The highest BCUT2D eigenvalue weighted by Gasteiger charge is 2.09. The van der Waals surface area contributed by atoms with Crippen molar-refractivity contribution in [3.8, 4) is 5.75 Å². The van der Waals surface area contributed by atoms with Gasteiger partial charge in [0, 0.05) is 18.7 Å². The molecule has 0 saturated heterocycles. The summed E-state index contributed by atoms with van der Waals surface area (Å²) in [6.45, 7) is 6.70. The molecule has 0 aliphatic heterocycles. The molecule has 0 fully saturated rings. The third-order valence-corrected chi connectivity index (χ3v) is 3.12. The van der Waals surface area contributed by atoms with Crippen molar-refractivity contribution in [3.05, 3.63) is 29.3 Å². The molecule has 0 saturated carbocycles. The normalized spacial score (nSPS) is 12.1. The van der Waals surface area contributed by atoms with E-state index in [4.69, 9.17) is 4.74 Å². The average Bonchev–Trinajstić information content (AvgIpc) is 2.42. The first-order chi connectivity index (χ1) is 9.92. The number of aryl methyl sites for hydroxylation is 1. The second kappa shape index (κ2) is 8.52. The van der Waals surface area contributed by atoms with Crippen LogP contribution >= 0.6 is 0 Å². The summed E-state index contributed by atoms with van der Waals surface area (Å²) in [4.78, 5) is 11.7. The first-order valence-corrected chi connectivity index (χ1v) is 7.25. The molecule has 0 spiro atoms. The maximum absolute atomic E-state index is 11.7. The van der Waals surface area contributed by atoms with Crippen LogP contribution in [-0.4, -0.2) is 30.9 Å². The van der Waals surface area contributed by atoms with Gasteiger partial charge in [0.1, 0.15) is 5.75 Å². The number of nitrogens with one attached hydrogen (secondary N) is 2. The summed E-state index contributed by atoms with van der Waals surface area (Å²) in [5.41, 5.74) is 2.03. The minimum absolute atomic E-state index is 0.259. The number of hydrogen-bond donors (Lipinski definition) is 3. The number of rotatable bonds is 7. The van der Waals surface area contributed by atoms with Gasteiger partial charge in [0.25, 0.3) is 0 Å². The lowest BCUT2D eigenvalue weighted by molar-refractivity contribution is 0.147. The zero-order chi connectivity index (χ0) is 15.8. The molecule has 1 unspecified atom stereocenters. The van der Waals surface area contributed by atoms with Crippen LogP contribution in [0, 0.1) is 12.8 Å². The second-order valence-corrected chi connectivity index (χ2v) is 5.66. The fourth-order valence-electron chi connectivity index (χ4n) is 2.07. The predicted molar refractivity (Wildman–Crippen MR) is 83.4 cm³/mol. The number of hydrogen-bond acceptors (Lipinski definition) is 3. The van der Waals surface area contributed by atoms with Gasteiger partial charge in [-0.05, 0) is 30.9 Å². The van der Waals surface area contributed by atoms with E-state index in [-0.39, 0.29) is 12.6 Å². The Kier molecular flexibility index (Phi) is 7.02. The number of benzene rings is 1. The van der Waals surface area contributed by atoms with Gasteiger partial charge in [-0.3, -0.25) is 0 Å². The van der Waals surface area contributed by atoms with Crippen molar-refractivity contribution >= 4 is 6.03 Å². The summed E-state index contributed by atoms with van der Waals surface area (Å²) in [5.74, 6) is 1.16. The largest absolute Gasteiger partial charge is 0.496 e. The third kappa shape index (κ3) is 6.49. The Morgan fingerprint density at radius 1 is 1.33 bits per heavy atom. The summed E-state index contributed by atoms with van der Waals surface area (Å²) in [6.07, 6.45) is 0.163. The van der Waals surface area contributed by atoms with Gasteiger partial charge in [0.15, 0.2) is 0 Å². The SMILES string of the molecule is COc1cc(C)ccc1CNC(=O)NCC(O)CC(C)C. The number of ether oxygens (including phenoxy) is 1. The minimum atomic E-state index is -0.510. The van der Waals surface area contributed by atoms with E-state index in [0.717, 1.165) is 16.9 Å². The molecule has 1 atom stereocenters. The number of amides is 2. The number of urea groups is 1. The predicted octanol–water partition coefficient (Wildman–Crippen LogP) is 2.21. The van der Waals surface area contributed by atoms with Crippen molar-refractivity contribution in [2.75, 3.05) is 13.7 Å². The maximum Gasteiger partial charge on any atom is 0.315 e. The van der Waals surface area contributed by atoms with Crippen LogP contribution in [0.15, 0.2) is 18.2 Å². The highest BCUT2D eigenvalue weighted by molar-refractivity contribution is 5.73. The van der Waals surface area contributed by atoms with Gasteiger partial charge in [0.05, 0.1) is 13.2 Å². The zero-order valence-corrected chi connectivity index (χ0v) is 13.3. The van der Waals surface area contributed by atoms with Crippen LogP contribution in [0.2, 0.25) is 0 Å². The minimum Gasteiger partial charge on any atom is -0.496 e. The number of carbonyl (C=O) groups excluding carboxylic acids is 1. The number of methoxy groups -OCH3 is 1. The van der Waals surface area contributed by atoms with Crippen LogP contribution in [0.1, 0.15) is 31.4 Å². The van der Waals surface area contributed by atoms with Crippen molar-refractivity contribution < 1.29 is 14.6 Å². The number of aliphatic hydroxyl groups excluding tert-OH is 1. The molecular formula is C16H26N2O3. The molecule has 21 heavy (non-hydrogen) atoms. The van der Waals surface area contributed by atoms with Gasteiger partial charge in [-0.2, -0.15) is 0 Å². The molecule has 0 aromatic heterocycles. The van der Waals surface area contributed by atoms with E-state index >= 15 is 0 Å². The lowest BCUT2D eigenvalue weighted by Crippen LogP contribution is -2.39. The summed E-state index contributed by atoms with van der Waals surface area (Å²) < 4.78 is 5.29. The lowest BCUT2D eigenvalue weighted by atomic mass is 10.1. The Morgan fingerprint density at radius 3 is 2.67 bits per heavy atom. The smallest absolute Gasteiger partial charge is 0.315 e. The van der Waals surface area contributed by atoms with Gasteiger partial charge in [0.2, 0.25) is 0 Å². The average molecular weight is 294 g/mol.